The molecule has 1 atom stereocenters. The Morgan fingerprint density at radius 3 is 2.47 bits per heavy atom. The molecule has 2 rings (SSSR count). The molecule has 2 aromatic rings. The first-order chi connectivity index (χ1) is 8.19. The minimum absolute atomic E-state index is 0.0826. The molecule has 90 valence electrons. The predicted octanol–water partition coefficient (Wildman–Crippen LogP) is 3.31. The van der Waals surface area contributed by atoms with Crippen LogP contribution in [-0.2, 0) is 0 Å². The van der Waals surface area contributed by atoms with E-state index in [0.29, 0.717) is 6.54 Å². The highest BCUT2D eigenvalue weighted by Crippen LogP contribution is 2.25. The molecular formula is C13H15FN2S. The first-order valence-electron chi connectivity index (χ1n) is 5.47. The second kappa shape index (κ2) is 5.29. The Hall–Kier alpha value is -1.39. The summed E-state index contributed by atoms with van der Waals surface area (Å²) in [4.78, 5) is 2.47. The number of anilines is 1. The Bertz CT molecular complexity index is 478. The maximum Gasteiger partial charge on any atom is 0.123 e. The number of benzene rings is 1. The zero-order valence-corrected chi connectivity index (χ0v) is 10.4. The lowest BCUT2D eigenvalue weighted by Gasteiger charge is -2.16. The average Bonchev–Trinajstić information content (AvgIpc) is 2.75. The van der Waals surface area contributed by atoms with Gasteiger partial charge < -0.3 is 11.1 Å². The summed E-state index contributed by atoms with van der Waals surface area (Å²) < 4.78 is 12.8. The lowest BCUT2D eigenvalue weighted by atomic mass is 10.2. The van der Waals surface area contributed by atoms with Crippen LogP contribution in [0.4, 0.5) is 10.1 Å². The van der Waals surface area contributed by atoms with E-state index in [0.717, 1.165) is 5.69 Å². The molecule has 0 aliphatic carbocycles. The van der Waals surface area contributed by atoms with Crippen molar-refractivity contribution in [3.63, 3.8) is 0 Å². The van der Waals surface area contributed by atoms with Crippen LogP contribution >= 0.6 is 11.3 Å². The van der Waals surface area contributed by atoms with Gasteiger partial charge in [-0.3, -0.25) is 0 Å². The summed E-state index contributed by atoms with van der Waals surface area (Å²) in [7, 11) is 0. The van der Waals surface area contributed by atoms with Crippen LogP contribution in [0.15, 0.2) is 36.4 Å². The van der Waals surface area contributed by atoms with E-state index in [9.17, 15) is 4.39 Å². The van der Waals surface area contributed by atoms with Crippen LogP contribution in [0.3, 0.4) is 0 Å². The third-order valence-electron chi connectivity index (χ3n) is 2.53. The molecule has 2 nitrogen and oxygen atoms in total. The quantitative estimate of drug-likeness (QED) is 0.873. The Morgan fingerprint density at radius 2 is 1.94 bits per heavy atom. The summed E-state index contributed by atoms with van der Waals surface area (Å²) in [6.07, 6.45) is 0. The molecule has 0 saturated carbocycles. The summed E-state index contributed by atoms with van der Waals surface area (Å²) in [5.41, 5.74) is 6.64. The Morgan fingerprint density at radius 1 is 1.24 bits per heavy atom. The van der Waals surface area contributed by atoms with Crippen molar-refractivity contribution in [2.24, 2.45) is 5.73 Å². The molecule has 0 radical (unpaired) electrons. The van der Waals surface area contributed by atoms with Crippen LogP contribution in [0.2, 0.25) is 0 Å². The number of thiophene rings is 1. The normalized spacial score (nSPS) is 12.4. The van der Waals surface area contributed by atoms with E-state index < -0.39 is 0 Å². The lowest BCUT2D eigenvalue weighted by Crippen LogP contribution is -2.19. The molecule has 0 amide bonds. The van der Waals surface area contributed by atoms with Crippen LogP contribution in [-0.4, -0.2) is 6.54 Å². The fourth-order valence-electron chi connectivity index (χ4n) is 1.63. The van der Waals surface area contributed by atoms with Crippen LogP contribution in [0, 0.1) is 12.7 Å². The lowest BCUT2D eigenvalue weighted by molar-refractivity contribution is 0.628. The van der Waals surface area contributed by atoms with Crippen molar-refractivity contribution < 1.29 is 4.39 Å². The SMILES string of the molecule is Cc1ccc(C(CN)Nc2ccc(F)cc2)s1. The fraction of sp³-hybridized carbons (Fsp3) is 0.231. The third-order valence-corrected chi connectivity index (χ3v) is 3.64. The largest absolute Gasteiger partial charge is 0.376 e. The van der Waals surface area contributed by atoms with Crippen LogP contribution in [0.25, 0.3) is 0 Å². The van der Waals surface area contributed by atoms with Crippen LogP contribution in [0.5, 0.6) is 0 Å². The van der Waals surface area contributed by atoms with Crippen molar-refractivity contribution in [1.82, 2.24) is 0 Å². The molecule has 0 spiro atoms. The molecule has 1 aromatic carbocycles. The van der Waals surface area contributed by atoms with E-state index in [-0.39, 0.29) is 11.9 Å². The van der Waals surface area contributed by atoms with Gasteiger partial charge in [-0.1, -0.05) is 0 Å². The number of rotatable bonds is 4. The zero-order chi connectivity index (χ0) is 12.3. The Labute approximate surface area is 104 Å². The molecule has 0 saturated heterocycles. The van der Waals surface area contributed by atoms with E-state index in [2.05, 4.69) is 24.4 Å². The number of nitrogens with two attached hydrogens (primary N) is 1. The topological polar surface area (TPSA) is 38.0 Å². The van der Waals surface area contributed by atoms with Crippen LogP contribution < -0.4 is 11.1 Å². The standard InChI is InChI=1S/C13H15FN2S/c1-9-2-7-13(17-9)12(8-15)16-11-5-3-10(14)4-6-11/h2-7,12,16H,8,15H2,1H3. The molecule has 0 aliphatic rings. The van der Waals surface area contributed by atoms with Crippen molar-refractivity contribution in [1.29, 1.82) is 0 Å². The van der Waals surface area contributed by atoms with Crippen molar-refractivity contribution in [2.75, 3.05) is 11.9 Å². The van der Waals surface area contributed by atoms with E-state index in [4.69, 9.17) is 5.73 Å². The second-order valence-corrected chi connectivity index (χ2v) is 5.21. The van der Waals surface area contributed by atoms with Gasteiger partial charge in [-0.15, -0.1) is 11.3 Å². The van der Waals surface area contributed by atoms with Crippen molar-refractivity contribution in [3.05, 3.63) is 52.0 Å². The number of aryl methyl sites for hydroxylation is 1. The van der Waals surface area contributed by atoms with Gasteiger partial charge in [0.25, 0.3) is 0 Å². The summed E-state index contributed by atoms with van der Waals surface area (Å²) in [6.45, 7) is 2.58. The minimum atomic E-state index is -0.230. The Kier molecular flexibility index (Phi) is 3.76. The molecule has 0 aliphatic heterocycles. The molecule has 3 N–H and O–H groups in total. The number of halogens is 1. The van der Waals surface area contributed by atoms with Gasteiger partial charge in [-0.25, -0.2) is 4.39 Å². The maximum atomic E-state index is 12.8. The van der Waals surface area contributed by atoms with Gasteiger partial charge in [0, 0.05) is 22.0 Å². The highest BCUT2D eigenvalue weighted by Gasteiger charge is 2.11. The number of nitrogens with one attached hydrogen (secondary N) is 1. The smallest absolute Gasteiger partial charge is 0.123 e. The van der Waals surface area contributed by atoms with Gasteiger partial charge in [0.2, 0.25) is 0 Å². The third kappa shape index (κ3) is 3.05. The van der Waals surface area contributed by atoms with Gasteiger partial charge in [0.15, 0.2) is 0 Å². The molecule has 0 fully saturated rings. The minimum Gasteiger partial charge on any atom is -0.376 e. The van der Waals surface area contributed by atoms with Crippen molar-refractivity contribution in [3.8, 4) is 0 Å². The van der Waals surface area contributed by atoms with E-state index >= 15 is 0 Å². The summed E-state index contributed by atoms with van der Waals surface area (Å²) in [6, 6.07) is 10.6. The highest BCUT2D eigenvalue weighted by molar-refractivity contribution is 7.12. The van der Waals surface area contributed by atoms with Crippen molar-refractivity contribution >= 4 is 17.0 Å². The fourth-order valence-corrected chi connectivity index (χ4v) is 2.58. The average molecular weight is 250 g/mol. The highest BCUT2D eigenvalue weighted by atomic mass is 32.1. The first kappa shape index (κ1) is 12.1. The van der Waals surface area contributed by atoms with Gasteiger partial charge in [0.05, 0.1) is 6.04 Å². The predicted molar refractivity (Wildman–Crippen MR) is 70.9 cm³/mol. The summed E-state index contributed by atoms with van der Waals surface area (Å²) in [5, 5.41) is 3.30. The summed E-state index contributed by atoms with van der Waals surface area (Å²) in [5.74, 6) is -0.230. The van der Waals surface area contributed by atoms with Gasteiger partial charge >= 0.3 is 0 Å². The van der Waals surface area contributed by atoms with E-state index in [1.54, 1.807) is 23.5 Å². The summed E-state index contributed by atoms with van der Waals surface area (Å²) >= 11 is 1.73. The molecule has 1 unspecified atom stereocenters. The number of hydrogen-bond donors (Lipinski definition) is 2. The first-order valence-corrected chi connectivity index (χ1v) is 6.29. The van der Waals surface area contributed by atoms with Gasteiger partial charge in [-0.2, -0.15) is 0 Å². The molecular weight excluding hydrogens is 235 g/mol. The van der Waals surface area contributed by atoms with Crippen LogP contribution in [0.1, 0.15) is 15.8 Å². The van der Waals surface area contributed by atoms with Gasteiger partial charge in [-0.05, 0) is 43.3 Å². The monoisotopic (exact) mass is 250 g/mol. The molecule has 1 heterocycles. The molecule has 4 heteroatoms. The van der Waals surface area contributed by atoms with E-state index in [1.807, 2.05) is 0 Å². The number of hydrogen-bond acceptors (Lipinski definition) is 3. The van der Waals surface area contributed by atoms with Crippen molar-refractivity contribution in [2.45, 2.75) is 13.0 Å². The zero-order valence-electron chi connectivity index (χ0n) is 9.61. The van der Waals surface area contributed by atoms with E-state index in [1.165, 1.54) is 21.9 Å². The molecule has 1 aromatic heterocycles. The van der Waals surface area contributed by atoms with Gasteiger partial charge in [0.1, 0.15) is 5.82 Å². The Balaban J connectivity index is 2.12. The molecule has 0 bridgehead atoms. The maximum absolute atomic E-state index is 12.8. The molecule has 17 heavy (non-hydrogen) atoms. The second-order valence-electron chi connectivity index (χ2n) is 3.89.